The van der Waals surface area contributed by atoms with E-state index in [0.717, 1.165) is 25.1 Å². The molecule has 0 aliphatic carbocycles. The molecule has 4 heteroatoms. The maximum Gasteiger partial charge on any atom is 0.0884 e. The highest BCUT2D eigenvalue weighted by molar-refractivity contribution is 5.09. The van der Waals surface area contributed by atoms with E-state index in [2.05, 4.69) is 23.4 Å². The van der Waals surface area contributed by atoms with Gasteiger partial charge in [-0.05, 0) is 38.3 Å². The van der Waals surface area contributed by atoms with E-state index in [1.54, 1.807) is 0 Å². The largest absolute Gasteiger partial charge is 0.375 e. The average Bonchev–Trinajstić information content (AvgIpc) is 2.77. The van der Waals surface area contributed by atoms with Crippen molar-refractivity contribution in [1.82, 2.24) is 15.1 Å². The first kappa shape index (κ1) is 13.6. The second-order valence-corrected chi connectivity index (χ2v) is 5.09. The fourth-order valence-corrected chi connectivity index (χ4v) is 2.45. The first-order valence-corrected chi connectivity index (χ1v) is 7.12. The maximum absolute atomic E-state index is 5.76. The van der Waals surface area contributed by atoms with Crippen molar-refractivity contribution in [1.29, 1.82) is 0 Å². The lowest BCUT2D eigenvalue weighted by Gasteiger charge is -2.23. The molecular formula is C14H25N3O. The molecule has 0 saturated carbocycles. The van der Waals surface area contributed by atoms with Gasteiger partial charge in [-0.1, -0.05) is 13.3 Å². The summed E-state index contributed by atoms with van der Waals surface area (Å²) in [7, 11) is 1.99. The fourth-order valence-electron chi connectivity index (χ4n) is 2.45. The fraction of sp³-hybridized carbons (Fsp3) is 0.786. The zero-order chi connectivity index (χ0) is 12.8. The molecule has 1 unspecified atom stereocenters. The van der Waals surface area contributed by atoms with Crippen LogP contribution in [0.25, 0.3) is 0 Å². The lowest BCUT2D eigenvalue weighted by atomic mass is 10.0. The Bertz CT molecular complexity index is 356. The van der Waals surface area contributed by atoms with E-state index in [0.29, 0.717) is 12.6 Å². The molecule has 1 fully saturated rings. The topological polar surface area (TPSA) is 39.1 Å². The van der Waals surface area contributed by atoms with Gasteiger partial charge in [0.2, 0.25) is 0 Å². The minimum absolute atomic E-state index is 0.663. The van der Waals surface area contributed by atoms with Gasteiger partial charge in [0.1, 0.15) is 0 Å². The van der Waals surface area contributed by atoms with Crippen LogP contribution >= 0.6 is 0 Å². The van der Waals surface area contributed by atoms with E-state index in [9.17, 15) is 0 Å². The number of ether oxygens (including phenoxy) is 1. The molecule has 2 heterocycles. The van der Waals surface area contributed by atoms with E-state index in [1.807, 2.05) is 11.7 Å². The highest BCUT2D eigenvalue weighted by Gasteiger charge is 2.12. The Labute approximate surface area is 110 Å². The third kappa shape index (κ3) is 3.82. The summed E-state index contributed by atoms with van der Waals surface area (Å²) in [5.74, 6) is 0. The minimum atomic E-state index is 0.663. The molecule has 4 nitrogen and oxygen atoms in total. The lowest BCUT2D eigenvalue weighted by Crippen LogP contribution is -2.34. The van der Waals surface area contributed by atoms with Gasteiger partial charge in [-0.15, -0.1) is 0 Å². The predicted octanol–water partition coefficient (Wildman–Crippen LogP) is 2.03. The third-order valence-electron chi connectivity index (χ3n) is 3.66. The van der Waals surface area contributed by atoms with Crippen LogP contribution < -0.4 is 5.32 Å². The van der Waals surface area contributed by atoms with Gasteiger partial charge in [0.25, 0.3) is 0 Å². The molecule has 0 radical (unpaired) electrons. The van der Waals surface area contributed by atoms with E-state index in [4.69, 9.17) is 4.74 Å². The predicted molar refractivity (Wildman–Crippen MR) is 72.5 cm³/mol. The molecule has 1 aromatic rings. The van der Waals surface area contributed by atoms with Gasteiger partial charge >= 0.3 is 0 Å². The molecule has 2 rings (SSSR count). The van der Waals surface area contributed by atoms with Crippen molar-refractivity contribution < 1.29 is 4.74 Å². The standard InChI is InChI=1S/C14H25N3O/c1-3-12-10-14(17(2)16-12)11-18-9-7-13-6-4-5-8-15-13/h10,13,15H,3-9,11H2,1-2H3. The maximum atomic E-state index is 5.76. The number of aromatic nitrogens is 2. The Balaban J connectivity index is 1.66. The minimum Gasteiger partial charge on any atom is -0.375 e. The second kappa shape index (κ2) is 6.90. The van der Waals surface area contributed by atoms with Gasteiger partial charge in [-0.25, -0.2) is 0 Å². The van der Waals surface area contributed by atoms with Crippen molar-refractivity contribution in [3.63, 3.8) is 0 Å². The Hall–Kier alpha value is -0.870. The average molecular weight is 251 g/mol. The number of nitrogens with zero attached hydrogens (tertiary/aromatic N) is 2. The summed E-state index contributed by atoms with van der Waals surface area (Å²) in [6.07, 6.45) is 6.10. The zero-order valence-electron chi connectivity index (χ0n) is 11.6. The molecule has 1 aliphatic rings. The van der Waals surface area contributed by atoms with Gasteiger partial charge in [0, 0.05) is 19.7 Å². The number of hydrogen-bond donors (Lipinski definition) is 1. The smallest absolute Gasteiger partial charge is 0.0884 e. The SMILES string of the molecule is CCc1cc(COCCC2CCCCN2)n(C)n1. The van der Waals surface area contributed by atoms with Crippen molar-refractivity contribution in [2.75, 3.05) is 13.2 Å². The van der Waals surface area contributed by atoms with Crippen LogP contribution in [0, 0.1) is 0 Å². The number of aryl methyl sites for hydroxylation is 2. The van der Waals surface area contributed by atoms with Crippen LogP contribution in [0.2, 0.25) is 0 Å². The molecule has 0 spiro atoms. The van der Waals surface area contributed by atoms with Crippen LogP contribution in [-0.2, 0) is 24.8 Å². The normalized spacial score (nSPS) is 20.2. The highest BCUT2D eigenvalue weighted by Crippen LogP contribution is 2.11. The van der Waals surface area contributed by atoms with Gasteiger partial charge in [0.15, 0.2) is 0 Å². The van der Waals surface area contributed by atoms with E-state index in [1.165, 1.54) is 31.5 Å². The first-order valence-electron chi connectivity index (χ1n) is 7.12. The van der Waals surface area contributed by atoms with E-state index < -0.39 is 0 Å². The summed E-state index contributed by atoms with van der Waals surface area (Å²) in [5.41, 5.74) is 2.31. The number of nitrogens with one attached hydrogen (secondary N) is 1. The summed E-state index contributed by atoms with van der Waals surface area (Å²) in [4.78, 5) is 0. The van der Waals surface area contributed by atoms with E-state index in [-0.39, 0.29) is 0 Å². The van der Waals surface area contributed by atoms with Crippen molar-refractivity contribution >= 4 is 0 Å². The summed E-state index contributed by atoms with van der Waals surface area (Å²) < 4.78 is 7.69. The molecule has 0 bridgehead atoms. The van der Waals surface area contributed by atoms with E-state index >= 15 is 0 Å². The summed E-state index contributed by atoms with van der Waals surface area (Å²) in [6, 6.07) is 2.80. The lowest BCUT2D eigenvalue weighted by molar-refractivity contribution is 0.104. The summed E-state index contributed by atoms with van der Waals surface area (Å²) >= 11 is 0. The Morgan fingerprint density at radius 1 is 1.50 bits per heavy atom. The molecule has 102 valence electrons. The van der Waals surface area contributed by atoms with Crippen LogP contribution in [0.5, 0.6) is 0 Å². The van der Waals surface area contributed by atoms with Crippen molar-refractivity contribution in [2.45, 2.75) is 51.7 Å². The molecule has 1 atom stereocenters. The molecular weight excluding hydrogens is 226 g/mol. The van der Waals surface area contributed by atoms with Crippen molar-refractivity contribution in [3.05, 3.63) is 17.5 Å². The van der Waals surface area contributed by atoms with Gasteiger partial charge in [-0.3, -0.25) is 4.68 Å². The zero-order valence-corrected chi connectivity index (χ0v) is 11.6. The Kier molecular flexibility index (Phi) is 5.20. The van der Waals surface area contributed by atoms with Crippen LogP contribution in [-0.4, -0.2) is 29.0 Å². The summed E-state index contributed by atoms with van der Waals surface area (Å²) in [5, 5.41) is 7.97. The molecule has 1 saturated heterocycles. The molecule has 1 N–H and O–H groups in total. The molecule has 1 aliphatic heterocycles. The van der Waals surface area contributed by atoms with Crippen LogP contribution in [0.15, 0.2) is 6.07 Å². The molecule has 18 heavy (non-hydrogen) atoms. The van der Waals surface area contributed by atoms with Crippen molar-refractivity contribution in [3.8, 4) is 0 Å². The van der Waals surface area contributed by atoms with Crippen LogP contribution in [0.4, 0.5) is 0 Å². The van der Waals surface area contributed by atoms with Crippen molar-refractivity contribution in [2.24, 2.45) is 7.05 Å². The van der Waals surface area contributed by atoms with Crippen LogP contribution in [0.1, 0.15) is 44.0 Å². The van der Waals surface area contributed by atoms with Crippen LogP contribution in [0.3, 0.4) is 0 Å². The van der Waals surface area contributed by atoms with Gasteiger partial charge < -0.3 is 10.1 Å². The summed E-state index contributed by atoms with van der Waals surface area (Å²) in [6.45, 7) is 4.81. The highest BCUT2D eigenvalue weighted by atomic mass is 16.5. The third-order valence-corrected chi connectivity index (χ3v) is 3.66. The first-order chi connectivity index (χ1) is 8.79. The monoisotopic (exact) mass is 251 g/mol. The Morgan fingerprint density at radius 2 is 2.39 bits per heavy atom. The quantitative estimate of drug-likeness (QED) is 0.786. The van der Waals surface area contributed by atoms with Gasteiger partial charge in [0.05, 0.1) is 18.0 Å². The molecule has 0 aromatic carbocycles. The Morgan fingerprint density at radius 3 is 3.06 bits per heavy atom. The molecule has 1 aromatic heterocycles. The number of hydrogen-bond acceptors (Lipinski definition) is 3. The molecule has 0 amide bonds. The second-order valence-electron chi connectivity index (χ2n) is 5.09. The van der Waals surface area contributed by atoms with Gasteiger partial charge in [-0.2, -0.15) is 5.10 Å². The number of piperidine rings is 1. The number of rotatable bonds is 6.